The van der Waals surface area contributed by atoms with Crippen molar-refractivity contribution in [2.75, 3.05) is 13.2 Å². The Kier molecular flexibility index (Phi) is 3.61. The molecule has 0 unspecified atom stereocenters. The Balaban J connectivity index is 1.91. The van der Waals surface area contributed by atoms with Gasteiger partial charge in [0.1, 0.15) is 0 Å². The first-order valence-corrected chi connectivity index (χ1v) is 6.05. The van der Waals surface area contributed by atoms with Crippen molar-refractivity contribution < 1.29 is 4.74 Å². The largest absolute Gasteiger partial charge is 0.381 e. The summed E-state index contributed by atoms with van der Waals surface area (Å²) in [6.07, 6.45) is 6.02. The molecular weight excluding hydrogens is 202 g/mol. The maximum Gasteiger partial charge on any atom is 0.0948 e. The van der Waals surface area contributed by atoms with E-state index < -0.39 is 0 Å². The number of nitrogens with one attached hydrogen (secondary N) is 1. The molecule has 2 heterocycles. The van der Waals surface area contributed by atoms with Crippen LogP contribution in [0.4, 0.5) is 0 Å². The first-order valence-electron chi connectivity index (χ1n) is 6.05. The first-order chi connectivity index (χ1) is 7.73. The van der Waals surface area contributed by atoms with Gasteiger partial charge in [0.25, 0.3) is 0 Å². The van der Waals surface area contributed by atoms with Gasteiger partial charge in [0, 0.05) is 38.0 Å². The highest BCUT2D eigenvalue weighted by Gasteiger charge is 2.26. The van der Waals surface area contributed by atoms with Gasteiger partial charge in [-0.3, -0.25) is 0 Å². The van der Waals surface area contributed by atoms with E-state index in [1.54, 1.807) is 0 Å². The van der Waals surface area contributed by atoms with E-state index in [1.807, 2.05) is 12.5 Å². The summed E-state index contributed by atoms with van der Waals surface area (Å²) in [5, 5.41) is 3.63. The van der Waals surface area contributed by atoms with E-state index in [2.05, 4.69) is 28.7 Å². The standard InChI is InChI=1S/C12H21N3O/c1-3-15-10-13-8-11(15)9-14-12(2)4-6-16-7-5-12/h8,10,14H,3-7,9H2,1-2H3. The molecule has 0 atom stereocenters. The van der Waals surface area contributed by atoms with Crippen molar-refractivity contribution in [2.45, 2.75) is 45.3 Å². The zero-order chi connectivity index (χ0) is 11.4. The van der Waals surface area contributed by atoms with Crippen LogP contribution < -0.4 is 5.32 Å². The molecule has 0 amide bonds. The predicted molar refractivity (Wildman–Crippen MR) is 63.2 cm³/mol. The molecule has 1 aliphatic rings. The number of aromatic nitrogens is 2. The minimum Gasteiger partial charge on any atom is -0.381 e. The molecule has 16 heavy (non-hydrogen) atoms. The van der Waals surface area contributed by atoms with Crippen LogP contribution in [0.1, 0.15) is 32.4 Å². The molecule has 0 bridgehead atoms. The van der Waals surface area contributed by atoms with Crippen LogP contribution in [-0.2, 0) is 17.8 Å². The van der Waals surface area contributed by atoms with Crippen LogP contribution in [0.2, 0.25) is 0 Å². The third-order valence-corrected chi connectivity index (χ3v) is 3.43. The second kappa shape index (κ2) is 4.97. The molecule has 90 valence electrons. The van der Waals surface area contributed by atoms with Crippen molar-refractivity contribution in [3.05, 3.63) is 18.2 Å². The summed E-state index contributed by atoms with van der Waals surface area (Å²) in [6.45, 7) is 8.04. The van der Waals surface area contributed by atoms with Crippen LogP contribution in [-0.4, -0.2) is 28.3 Å². The first kappa shape index (κ1) is 11.6. The van der Waals surface area contributed by atoms with Gasteiger partial charge >= 0.3 is 0 Å². The number of hydrogen-bond donors (Lipinski definition) is 1. The highest BCUT2D eigenvalue weighted by molar-refractivity contribution is 4.99. The van der Waals surface area contributed by atoms with Crippen LogP contribution >= 0.6 is 0 Å². The van der Waals surface area contributed by atoms with Crippen molar-refractivity contribution in [3.63, 3.8) is 0 Å². The summed E-state index contributed by atoms with van der Waals surface area (Å²) in [4.78, 5) is 4.18. The zero-order valence-electron chi connectivity index (χ0n) is 10.2. The predicted octanol–water partition coefficient (Wildman–Crippen LogP) is 1.56. The van der Waals surface area contributed by atoms with Crippen molar-refractivity contribution in [1.82, 2.24) is 14.9 Å². The van der Waals surface area contributed by atoms with Crippen LogP contribution in [0.25, 0.3) is 0 Å². The van der Waals surface area contributed by atoms with Crippen LogP contribution in [0, 0.1) is 0 Å². The van der Waals surface area contributed by atoms with Crippen molar-refractivity contribution in [3.8, 4) is 0 Å². The Morgan fingerprint density at radius 1 is 1.50 bits per heavy atom. The Morgan fingerprint density at radius 2 is 2.25 bits per heavy atom. The van der Waals surface area contributed by atoms with E-state index in [-0.39, 0.29) is 5.54 Å². The molecule has 1 aromatic heterocycles. The summed E-state index contributed by atoms with van der Waals surface area (Å²) in [5.41, 5.74) is 1.48. The number of rotatable bonds is 4. The summed E-state index contributed by atoms with van der Waals surface area (Å²) >= 11 is 0. The molecule has 0 spiro atoms. The second-order valence-corrected chi connectivity index (χ2v) is 4.70. The van der Waals surface area contributed by atoms with E-state index in [4.69, 9.17) is 4.74 Å². The maximum atomic E-state index is 5.39. The molecule has 0 aliphatic carbocycles. The molecule has 0 aromatic carbocycles. The Bertz CT molecular complexity index is 329. The normalized spacial score (nSPS) is 19.9. The van der Waals surface area contributed by atoms with Gasteiger partial charge in [-0.25, -0.2) is 4.98 Å². The summed E-state index contributed by atoms with van der Waals surface area (Å²) < 4.78 is 7.57. The monoisotopic (exact) mass is 223 g/mol. The molecule has 0 radical (unpaired) electrons. The smallest absolute Gasteiger partial charge is 0.0948 e. The lowest BCUT2D eigenvalue weighted by Gasteiger charge is -2.34. The van der Waals surface area contributed by atoms with Crippen LogP contribution in [0.15, 0.2) is 12.5 Å². The molecular formula is C12H21N3O. The SMILES string of the molecule is CCn1cncc1CNC1(C)CCOCC1. The van der Waals surface area contributed by atoms with E-state index >= 15 is 0 Å². The Hall–Kier alpha value is -0.870. The fraction of sp³-hybridized carbons (Fsp3) is 0.750. The van der Waals surface area contributed by atoms with E-state index in [1.165, 1.54) is 5.69 Å². The van der Waals surface area contributed by atoms with Gasteiger partial charge in [0.05, 0.1) is 12.0 Å². The molecule has 1 N–H and O–H groups in total. The summed E-state index contributed by atoms with van der Waals surface area (Å²) in [6, 6.07) is 0. The number of imidazole rings is 1. The van der Waals surface area contributed by atoms with Gasteiger partial charge in [-0.1, -0.05) is 0 Å². The Labute approximate surface area is 97.0 Å². The number of nitrogens with zero attached hydrogens (tertiary/aromatic N) is 2. The molecule has 1 fully saturated rings. The number of aryl methyl sites for hydroxylation is 1. The molecule has 0 saturated carbocycles. The van der Waals surface area contributed by atoms with E-state index in [9.17, 15) is 0 Å². The van der Waals surface area contributed by atoms with E-state index in [0.717, 1.165) is 39.1 Å². The van der Waals surface area contributed by atoms with Gasteiger partial charge in [0.15, 0.2) is 0 Å². The van der Waals surface area contributed by atoms with Crippen LogP contribution in [0.5, 0.6) is 0 Å². The minimum atomic E-state index is 0.223. The molecule has 4 nitrogen and oxygen atoms in total. The zero-order valence-corrected chi connectivity index (χ0v) is 10.2. The molecule has 1 saturated heterocycles. The van der Waals surface area contributed by atoms with Gasteiger partial charge in [0.2, 0.25) is 0 Å². The third kappa shape index (κ3) is 2.62. The van der Waals surface area contributed by atoms with E-state index in [0.29, 0.717) is 0 Å². The highest BCUT2D eigenvalue weighted by atomic mass is 16.5. The fourth-order valence-electron chi connectivity index (χ4n) is 2.08. The Morgan fingerprint density at radius 3 is 2.94 bits per heavy atom. The number of ether oxygens (including phenoxy) is 1. The van der Waals surface area contributed by atoms with Crippen molar-refractivity contribution in [2.24, 2.45) is 0 Å². The molecule has 2 rings (SSSR count). The average molecular weight is 223 g/mol. The molecule has 1 aromatic rings. The topological polar surface area (TPSA) is 39.1 Å². The lowest BCUT2D eigenvalue weighted by atomic mass is 9.92. The average Bonchev–Trinajstić information content (AvgIpc) is 2.75. The fourth-order valence-corrected chi connectivity index (χ4v) is 2.08. The second-order valence-electron chi connectivity index (χ2n) is 4.70. The summed E-state index contributed by atoms with van der Waals surface area (Å²) in [5.74, 6) is 0. The van der Waals surface area contributed by atoms with Crippen molar-refractivity contribution >= 4 is 0 Å². The van der Waals surface area contributed by atoms with Crippen LogP contribution in [0.3, 0.4) is 0 Å². The van der Waals surface area contributed by atoms with Gasteiger partial charge in [-0.2, -0.15) is 0 Å². The number of hydrogen-bond acceptors (Lipinski definition) is 3. The lowest BCUT2D eigenvalue weighted by Crippen LogP contribution is -2.46. The summed E-state index contributed by atoms with van der Waals surface area (Å²) in [7, 11) is 0. The maximum absolute atomic E-state index is 5.39. The molecule has 4 heteroatoms. The lowest BCUT2D eigenvalue weighted by molar-refractivity contribution is 0.0444. The van der Waals surface area contributed by atoms with Gasteiger partial charge in [-0.05, 0) is 26.7 Å². The minimum absolute atomic E-state index is 0.223. The van der Waals surface area contributed by atoms with Gasteiger partial charge < -0.3 is 14.6 Å². The third-order valence-electron chi connectivity index (χ3n) is 3.43. The molecule has 1 aliphatic heterocycles. The van der Waals surface area contributed by atoms with Crippen molar-refractivity contribution in [1.29, 1.82) is 0 Å². The quantitative estimate of drug-likeness (QED) is 0.842. The van der Waals surface area contributed by atoms with Gasteiger partial charge in [-0.15, -0.1) is 0 Å². The highest BCUT2D eigenvalue weighted by Crippen LogP contribution is 2.20.